The summed E-state index contributed by atoms with van der Waals surface area (Å²) in [5.41, 5.74) is 6.54. The fraction of sp³-hybridized carbons (Fsp3) is 0.615. The fourth-order valence-corrected chi connectivity index (χ4v) is 2.39. The Balaban J connectivity index is 2.94. The van der Waals surface area contributed by atoms with Gasteiger partial charge in [0.05, 0.1) is 5.02 Å². The maximum atomic E-state index is 6.29. The number of anilines is 1. The third kappa shape index (κ3) is 3.83. The van der Waals surface area contributed by atoms with Gasteiger partial charge in [-0.2, -0.15) is 0 Å². The quantitative estimate of drug-likeness (QED) is 0.859. The lowest BCUT2D eigenvalue weighted by molar-refractivity contribution is 0.372. The Morgan fingerprint density at radius 3 is 2.56 bits per heavy atom. The lowest BCUT2D eigenvalue weighted by Crippen LogP contribution is -2.40. The van der Waals surface area contributed by atoms with E-state index in [1.807, 2.05) is 6.07 Å². The highest BCUT2D eigenvalue weighted by Gasteiger charge is 2.17. The molecule has 2 N–H and O–H groups in total. The monoisotopic (exact) mass is 270 g/mol. The predicted octanol–water partition coefficient (Wildman–Crippen LogP) is 1.97. The molecule has 18 heavy (non-hydrogen) atoms. The Hall–Kier alpha value is -0.840. The van der Waals surface area contributed by atoms with Gasteiger partial charge in [0.15, 0.2) is 0 Å². The first kappa shape index (κ1) is 15.2. The van der Waals surface area contributed by atoms with Crippen molar-refractivity contribution >= 4 is 17.4 Å². The highest BCUT2D eigenvalue weighted by atomic mass is 35.5. The molecule has 0 radical (unpaired) electrons. The second-order valence-corrected chi connectivity index (χ2v) is 5.16. The maximum absolute atomic E-state index is 6.29. The number of nitrogens with two attached hydrogens (primary N) is 1. The summed E-state index contributed by atoms with van der Waals surface area (Å²) in [7, 11) is 4.13. The Labute approximate surface area is 115 Å². The molecule has 1 unspecified atom stereocenters. The van der Waals surface area contributed by atoms with Crippen molar-refractivity contribution in [1.82, 2.24) is 9.88 Å². The second kappa shape index (κ2) is 6.92. The van der Waals surface area contributed by atoms with Crippen molar-refractivity contribution in [2.75, 3.05) is 32.1 Å². The van der Waals surface area contributed by atoms with Crippen molar-refractivity contribution in [2.45, 2.75) is 26.4 Å². The van der Waals surface area contributed by atoms with E-state index in [1.54, 1.807) is 6.20 Å². The third-order valence-corrected chi connectivity index (χ3v) is 3.17. The Morgan fingerprint density at radius 1 is 1.44 bits per heavy atom. The van der Waals surface area contributed by atoms with Crippen molar-refractivity contribution in [3.63, 3.8) is 0 Å². The zero-order chi connectivity index (χ0) is 13.7. The summed E-state index contributed by atoms with van der Waals surface area (Å²) >= 11 is 6.29. The average Bonchev–Trinajstić information content (AvgIpc) is 2.31. The molecule has 0 aromatic carbocycles. The minimum Gasteiger partial charge on any atom is -0.352 e. The summed E-state index contributed by atoms with van der Waals surface area (Å²) in [6.45, 7) is 6.60. The highest BCUT2D eigenvalue weighted by molar-refractivity contribution is 6.33. The van der Waals surface area contributed by atoms with Crippen molar-refractivity contribution in [2.24, 2.45) is 5.73 Å². The van der Waals surface area contributed by atoms with Crippen LogP contribution < -0.4 is 10.6 Å². The number of rotatable bonds is 6. The molecule has 0 saturated carbocycles. The minimum absolute atomic E-state index is 0.360. The smallest absolute Gasteiger partial charge is 0.147 e. The molecule has 1 aromatic heterocycles. The fourth-order valence-electron chi connectivity index (χ4n) is 2.09. The topological polar surface area (TPSA) is 45.4 Å². The third-order valence-electron chi connectivity index (χ3n) is 2.89. The van der Waals surface area contributed by atoms with Gasteiger partial charge in [-0.1, -0.05) is 11.6 Å². The van der Waals surface area contributed by atoms with Crippen LogP contribution in [0.3, 0.4) is 0 Å². The molecule has 0 aliphatic carbocycles. The number of hydrogen-bond donors (Lipinski definition) is 1. The summed E-state index contributed by atoms with van der Waals surface area (Å²) in [5.74, 6) is 0.839. The zero-order valence-electron chi connectivity index (χ0n) is 11.7. The van der Waals surface area contributed by atoms with Crippen LogP contribution in [0, 0.1) is 0 Å². The molecule has 0 aliphatic rings. The molecule has 5 heteroatoms. The van der Waals surface area contributed by atoms with Gasteiger partial charge in [-0.25, -0.2) is 4.98 Å². The zero-order valence-corrected chi connectivity index (χ0v) is 12.4. The molecule has 0 saturated heterocycles. The van der Waals surface area contributed by atoms with E-state index in [-0.39, 0.29) is 0 Å². The summed E-state index contributed by atoms with van der Waals surface area (Å²) in [6, 6.07) is 2.26. The molecule has 1 atom stereocenters. The van der Waals surface area contributed by atoms with Gasteiger partial charge in [-0.05, 0) is 39.6 Å². The van der Waals surface area contributed by atoms with Gasteiger partial charge in [0, 0.05) is 31.9 Å². The molecular weight excluding hydrogens is 248 g/mol. The number of hydrogen-bond acceptors (Lipinski definition) is 4. The lowest BCUT2D eigenvalue weighted by atomic mass is 10.2. The van der Waals surface area contributed by atoms with Gasteiger partial charge in [0.1, 0.15) is 5.82 Å². The molecular formula is C13H23ClN4. The lowest BCUT2D eigenvalue weighted by Gasteiger charge is -2.31. The summed E-state index contributed by atoms with van der Waals surface area (Å²) in [5, 5.41) is 0.672. The normalized spacial score (nSPS) is 12.8. The minimum atomic E-state index is 0.360. The van der Waals surface area contributed by atoms with E-state index in [4.69, 9.17) is 17.3 Å². The van der Waals surface area contributed by atoms with E-state index in [9.17, 15) is 0 Å². The molecule has 4 nitrogen and oxygen atoms in total. The van der Waals surface area contributed by atoms with Gasteiger partial charge in [0.25, 0.3) is 0 Å². The highest BCUT2D eigenvalue weighted by Crippen LogP contribution is 2.25. The molecule has 1 heterocycles. The van der Waals surface area contributed by atoms with E-state index in [0.717, 1.165) is 24.5 Å². The van der Waals surface area contributed by atoms with Gasteiger partial charge in [-0.15, -0.1) is 0 Å². The predicted molar refractivity (Wildman–Crippen MR) is 78.2 cm³/mol. The van der Waals surface area contributed by atoms with Crippen molar-refractivity contribution in [3.8, 4) is 0 Å². The van der Waals surface area contributed by atoms with Crippen LogP contribution in [0.25, 0.3) is 0 Å². The first-order valence-corrected chi connectivity index (χ1v) is 6.63. The van der Waals surface area contributed by atoms with Crippen LogP contribution in [0.2, 0.25) is 5.02 Å². The number of halogens is 1. The first-order chi connectivity index (χ1) is 8.49. The largest absolute Gasteiger partial charge is 0.352 e. The van der Waals surface area contributed by atoms with Gasteiger partial charge in [0.2, 0.25) is 0 Å². The van der Waals surface area contributed by atoms with Crippen LogP contribution in [0.4, 0.5) is 5.82 Å². The number of pyridine rings is 1. The van der Waals surface area contributed by atoms with E-state index in [0.29, 0.717) is 17.6 Å². The molecule has 0 fully saturated rings. The van der Waals surface area contributed by atoms with E-state index < -0.39 is 0 Å². The second-order valence-electron chi connectivity index (χ2n) is 4.75. The standard InChI is InChI=1S/C13H23ClN4/c1-5-18(10(2)9-17(3)4)13-12(14)6-11(7-15)8-16-13/h6,8,10H,5,7,9,15H2,1-4H3. The Bertz CT molecular complexity index is 381. The average molecular weight is 271 g/mol. The molecule has 0 amide bonds. The molecule has 0 bridgehead atoms. The van der Waals surface area contributed by atoms with Crippen LogP contribution in [0.5, 0.6) is 0 Å². The number of aromatic nitrogens is 1. The van der Waals surface area contributed by atoms with Crippen molar-refractivity contribution < 1.29 is 0 Å². The van der Waals surface area contributed by atoms with Gasteiger partial charge < -0.3 is 15.5 Å². The van der Waals surface area contributed by atoms with Crippen LogP contribution in [-0.2, 0) is 6.54 Å². The number of nitrogens with zero attached hydrogens (tertiary/aromatic N) is 3. The summed E-state index contributed by atoms with van der Waals surface area (Å²) < 4.78 is 0. The first-order valence-electron chi connectivity index (χ1n) is 6.25. The van der Waals surface area contributed by atoms with Gasteiger partial charge in [-0.3, -0.25) is 0 Å². The maximum Gasteiger partial charge on any atom is 0.147 e. The van der Waals surface area contributed by atoms with Crippen molar-refractivity contribution in [1.29, 1.82) is 0 Å². The molecule has 0 aliphatic heterocycles. The Kier molecular flexibility index (Phi) is 5.85. The molecule has 0 spiro atoms. The van der Waals surface area contributed by atoms with Crippen LogP contribution >= 0.6 is 11.6 Å². The van der Waals surface area contributed by atoms with Gasteiger partial charge >= 0.3 is 0 Å². The number of likely N-dealkylation sites (N-methyl/N-ethyl adjacent to an activating group) is 2. The molecule has 1 rings (SSSR count). The summed E-state index contributed by atoms with van der Waals surface area (Å²) in [4.78, 5) is 8.82. The summed E-state index contributed by atoms with van der Waals surface area (Å²) in [6.07, 6.45) is 1.80. The van der Waals surface area contributed by atoms with Crippen LogP contribution in [-0.4, -0.2) is 43.1 Å². The van der Waals surface area contributed by atoms with Crippen LogP contribution in [0.1, 0.15) is 19.4 Å². The Morgan fingerprint density at radius 2 is 2.11 bits per heavy atom. The SMILES string of the molecule is CCN(c1ncc(CN)cc1Cl)C(C)CN(C)C. The van der Waals surface area contributed by atoms with E-state index in [2.05, 4.69) is 42.7 Å². The van der Waals surface area contributed by atoms with E-state index >= 15 is 0 Å². The van der Waals surface area contributed by atoms with E-state index in [1.165, 1.54) is 0 Å². The molecule has 1 aromatic rings. The van der Waals surface area contributed by atoms with Crippen LogP contribution in [0.15, 0.2) is 12.3 Å². The molecule has 102 valence electrons. The van der Waals surface area contributed by atoms with Crippen molar-refractivity contribution in [3.05, 3.63) is 22.8 Å².